The van der Waals surface area contributed by atoms with Gasteiger partial charge in [0.1, 0.15) is 31.3 Å². The van der Waals surface area contributed by atoms with Crippen LogP contribution in [0, 0.1) is 0 Å². The molecule has 0 aromatic carbocycles. The number of hydrogen-bond donors (Lipinski definition) is 13. The minimum atomic E-state index is -1.42. The third-order valence-electron chi connectivity index (χ3n) is 12.1. The maximum absolute atomic E-state index is 12.5. The zero-order valence-corrected chi connectivity index (χ0v) is 45.8. The molecule has 0 saturated heterocycles. The van der Waals surface area contributed by atoms with Gasteiger partial charge in [0.25, 0.3) is 0 Å². The number of hydrogen-bond acceptors (Lipinski definition) is 17. The van der Waals surface area contributed by atoms with Crippen molar-refractivity contribution in [1.29, 1.82) is 0 Å². The summed E-state index contributed by atoms with van der Waals surface area (Å²) in [5, 5.41) is 52.1. The second-order valence-corrected chi connectivity index (χ2v) is 18.8. The molecule has 0 heterocycles. The van der Waals surface area contributed by atoms with Gasteiger partial charge in [0.15, 0.2) is 0 Å². The van der Waals surface area contributed by atoms with Crippen molar-refractivity contribution in [3.05, 3.63) is 0 Å². The Morgan fingerprint density at radius 3 is 1.11 bits per heavy atom. The molecule has 28 nitrogen and oxygen atoms in total. The molecule has 15 N–H and O–H groups in total. The Morgan fingerprint density at radius 1 is 0.342 bits per heavy atom. The van der Waals surface area contributed by atoms with Crippen LogP contribution in [0.15, 0.2) is 0 Å². The average Bonchev–Trinajstić information content (AvgIpc) is 3.39. The lowest BCUT2D eigenvalue weighted by atomic mass is 10.0. The number of hydrazine groups is 1. The van der Waals surface area contributed by atoms with E-state index >= 15 is 0 Å². The van der Waals surface area contributed by atoms with Crippen molar-refractivity contribution in [2.75, 3.05) is 72.5 Å². The van der Waals surface area contributed by atoms with Crippen LogP contribution in [-0.2, 0) is 71.7 Å². The summed E-state index contributed by atoms with van der Waals surface area (Å²) >= 11 is 0. The molecule has 0 aliphatic carbocycles. The summed E-state index contributed by atoms with van der Waals surface area (Å²) in [5.41, 5.74) is 7.49. The van der Waals surface area contributed by atoms with Gasteiger partial charge < -0.3 is 77.0 Å². The molecule has 0 aromatic heterocycles. The molecule has 0 spiro atoms. The van der Waals surface area contributed by atoms with Crippen LogP contribution in [0.5, 0.6) is 0 Å². The van der Waals surface area contributed by atoms with Gasteiger partial charge in [-0.1, -0.05) is 77.0 Å². The third kappa shape index (κ3) is 45.5. The van der Waals surface area contributed by atoms with Crippen molar-refractivity contribution < 1.29 is 92.1 Å². The summed E-state index contributed by atoms with van der Waals surface area (Å²) in [7, 11) is 0. The number of nitrogens with one attached hydrogen (secondary N) is 7. The van der Waals surface area contributed by atoms with E-state index in [1.54, 1.807) is 0 Å². The van der Waals surface area contributed by atoms with Gasteiger partial charge in [-0.3, -0.25) is 44.2 Å². The molecule has 28 heteroatoms. The average molecular weight is 1130 g/mol. The van der Waals surface area contributed by atoms with Crippen molar-refractivity contribution >= 4 is 65.2 Å². The molecule has 0 bridgehead atoms. The molecule has 0 aromatic rings. The van der Waals surface area contributed by atoms with E-state index in [0.29, 0.717) is 32.2 Å². The summed E-state index contributed by atoms with van der Waals surface area (Å²) in [6.45, 7) is 0.250. The summed E-state index contributed by atoms with van der Waals surface area (Å²) in [5.74, 6) is -3.33. The first-order chi connectivity index (χ1) is 37.9. The smallest absolute Gasteiger partial charge is 0.326 e. The summed E-state index contributed by atoms with van der Waals surface area (Å²) in [6, 6.07) is -4.74. The van der Waals surface area contributed by atoms with Crippen LogP contribution in [0.4, 0.5) is 0 Å². The molecule has 0 rings (SSSR count). The maximum Gasteiger partial charge on any atom is 0.326 e. The molecule has 0 saturated carbocycles. The van der Waals surface area contributed by atoms with Gasteiger partial charge in [-0.15, -0.1) is 0 Å². The van der Waals surface area contributed by atoms with E-state index in [2.05, 4.69) is 37.3 Å². The molecule has 79 heavy (non-hydrogen) atoms. The second-order valence-electron chi connectivity index (χ2n) is 18.8. The molecule has 0 aliphatic rings. The van der Waals surface area contributed by atoms with Crippen molar-refractivity contribution in [2.45, 2.75) is 185 Å². The molecule has 3 unspecified atom stereocenters. The zero-order chi connectivity index (χ0) is 58.9. The van der Waals surface area contributed by atoms with Gasteiger partial charge in [0, 0.05) is 51.7 Å². The van der Waals surface area contributed by atoms with Crippen molar-refractivity contribution in [2.24, 2.45) is 11.6 Å². The molecule has 0 aliphatic heterocycles. The third-order valence-corrected chi connectivity index (χ3v) is 12.1. The van der Waals surface area contributed by atoms with Gasteiger partial charge in [0.05, 0.1) is 45.7 Å². The predicted molar refractivity (Wildman–Crippen MR) is 284 cm³/mol. The van der Waals surface area contributed by atoms with Crippen molar-refractivity contribution in [3.63, 3.8) is 0 Å². The van der Waals surface area contributed by atoms with E-state index in [1.165, 1.54) is 25.7 Å². The Balaban J connectivity index is 4.01. The number of amides is 7. The largest absolute Gasteiger partial charge is 0.481 e. The van der Waals surface area contributed by atoms with Crippen LogP contribution in [0.2, 0.25) is 0 Å². The minimum absolute atomic E-state index is 0.000980. The van der Waals surface area contributed by atoms with Crippen LogP contribution in [0.1, 0.15) is 161 Å². The Kier molecular flexibility index (Phi) is 45.2. The monoisotopic (exact) mass is 1130 g/mol. The molecule has 0 radical (unpaired) electrons. The Hall–Kier alpha value is -6.07. The van der Waals surface area contributed by atoms with E-state index < -0.39 is 96.0 Å². The first-order valence-corrected chi connectivity index (χ1v) is 27.5. The topological polar surface area (TPSA) is 442 Å². The van der Waals surface area contributed by atoms with Crippen LogP contribution in [0.3, 0.4) is 0 Å². The Labute approximate surface area is 462 Å². The Bertz CT molecular complexity index is 1800. The van der Waals surface area contributed by atoms with E-state index in [0.717, 1.165) is 57.8 Å². The highest BCUT2D eigenvalue weighted by molar-refractivity contribution is 5.87. The quantitative estimate of drug-likeness (QED) is 0.0221. The highest BCUT2D eigenvalue weighted by Crippen LogP contribution is 2.14. The number of unbranched alkanes of at least 4 members (excludes halogenated alkanes) is 14. The molecular formula is C51H91N9O19. The number of nitrogens with two attached hydrogens (primary N) is 2. The molecule has 454 valence electrons. The number of carbonyl (C=O) groups excluding carboxylic acids is 7. The number of ether oxygens (including phenoxy) is 4. The number of carbonyl (C=O) groups is 11. The lowest BCUT2D eigenvalue weighted by molar-refractivity contribution is -0.143. The summed E-state index contributed by atoms with van der Waals surface area (Å²) < 4.78 is 21.1. The number of carboxylic acids is 4. The second kappa shape index (κ2) is 49.0. The lowest BCUT2D eigenvalue weighted by Gasteiger charge is -2.17. The van der Waals surface area contributed by atoms with E-state index in [9.17, 15) is 68.1 Å². The van der Waals surface area contributed by atoms with Gasteiger partial charge in [-0.2, -0.15) is 0 Å². The molecule has 4 atom stereocenters. The van der Waals surface area contributed by atoms with Crippen molar-refractivity contribution in [3.8, 4) is 0 Å². The van der Waals surface area contributed by atoms with Gasteiger partial charge >= 0.3 is 23.9 Å². The first-order valence-electron chi connectivity index (χ1n) is 27.5. The van der Waals surface area contributed by atoms with Gasteiger partial charge in [-0.25, -0.2) is 19.8 Å². The van der Waals surface area contributed by atoms with Crippen LogP contribution < -0.4 is 48.9 Å². The molecule has 7 amide bonds. The van der Waals surface area contributed by atoms with Gasteiger partial charge in [-0.05, 0) is 51.4 Å². The van der Waals surface area contributed by atoms with Crippen LogP contribution in [0.25, 0.3) is 0 Å². The summed E-state index contributed by atoms with van der Waals surface area (Å²) in [6.07, 6.45) is 14.8. The number of aliphatic carboxylic acids is 4. The highest BCUT2D eigenvalue weighted by Gasteiger charge is 2.25. The minimum Gasteiger partial charge on any atom is -0.481 e. The molecular weight excluding hydrogens is 1040 g/mol. The maximum atomic E-state index is 12.5. The normalized spacial score (nSPS) is 12.5. The lowest BCUT2D eigenvalue weighted by Crippen LogP contribution is -2.45. The van der Waals surface area contributed by atoms with Crippen LogP contribution in [-0.4, -0.2) is 182 Å². The Morgan fingerprint density at radius 2 is 0.696 bits per heavy atom. The zero-order valence-electron chi connectivity index (χ0n) is 45.8. The SMILES string of the molecule is NNC(CCCCNC(=O)CCC(NC(=O)COCCOCCNC(=O)COCCOCCNC(=O)CC[C@H](NC(=O)CCC(NC(=O)CCCCCCCCCCCCCCCCC(=O)O)C(=O)O)C(=O)O)C(=O)O)C(N)=O. The van der Waals surface area contributed by atoms with Crippen molar-refractivity contribution in [1.82, 2.24) is 37.3 Å². The predicted octanol–water partition coefficient (Wildman–Crippen LogP) is 0.264. The fraction of sp³-hybridized carbons (Fsp3) is 0.784. The summed E-state index contributed by atoms with van der Waals surface area (Å²) in [4.78, 5) is 130. The van der Waals surface area contributed by atoms with Gasteiger partial charge in [0.2, 0.25) is 41.4 Å². The van der Waals surface area contributed by atoms with Crippen LogP contribution >= 0.6 is 0 Å². The van der Waals surface area contributed by atoms with E-state index in [-0.39, 0.29) is 111 Å². The van der Waals surface area contributed by atoms with E-state index in [1.807, 2.05) is 0 Å². The van der Waals surface area contributed by atoms with E-state index in [4.69, 9.17) is 35.6 Å². The fourth-order valence-corrected chi connectivity index (χ4v) is 7.58. The molecule has 0 fully saturated rings. The number of rotatable bonds is 55. The fourth-order valence-electron chi connectivity index (χ4n) is 7.58. The number of carboxylic acid groups (broad SMARTS) is 4. The standard InChI is InChI=1S/C51H91N9O19/c52-48(69)37(60-53)17-15-16-26-54-41(61)23-21-40(51(74)75)59-46(66)36-79-34-32-77-30-28-56-45(65)35-78-33-31-76-29-27-55-42(62)24-20-38(49(70)71)58-44(64)25-22-39(50(72)73)57-43(63)18-13-11-9-7-5-3-1-2-4-6-8-10-12-14-19-47(67)68/h37-40,60H,1-36,53H2,(H2,52,69)(H,54,61)(H,55,62)(H,56,65)(H,57,63)(H,58,64)(H,59,66)(H,67,68)(H,70,71)(H,72,73)(H,74,75)/t37?,38-,39?,40?/m0/s1. The first kappa shape index (κ1) is 72.9. The highest BCUT2D eigenvalue weighted by atomic mass is 16.5. The number of primary amides is 1.